The van der Waals surface area contributed by atoms with Gasteiger partial charge in [0.1, 0.15) is 0 Å². The van der Waals surface area contributed by atoms with E-state index >= 15 is 0 Å². The van der Waals surface area contributed by atoms with Crippen molar-refractivity contribution in [1.82, 2.24) is 5.32 Å². The quantitative estimate of drug-likeness (QED) is 0.745. The average molecular weight is 233 g/mol. The van der Waals surface area contributed by atoms with Crippen LogP contribution in [0, 0.1) is 0 Å². The van der Waals surface area contributed by atoms with E-state index in [0.29, 0.717) is 6.04 Å². The third-order valence-corrected chi connectivity index (χ3v) is 3.46. The van der Waals surface area contributed by atoms with Crippen LogP contribution in [0.1, 0.15) is 52.5 Å². The zero-order valence-electron chi connectivity index (χ0n) is 11.8. The molecule has 0 aromatic heterocycles. The zero-order chi connectivity index (χ0) is 12.7. The maximum absolute atomic E-state index is 3.76. The van der Waals surface area contributed by atoms with E-state index in [1.54, 1.807) is 0 Å². The lowest BCUT2D eigenvalue weighted by molar-refractivity contribution is 0.303. The molecule has 1 nitrogen and oxygen atoms in total. The van der Waals surface area contributed by atoms with Crippen molar-refractivity contribution in [3.63, 3.8) is 0 Å². The number of rotatable bonds is 7. The van der Waals surface area contributed by atoms with Crippen LogP contribution in [0.4, 0.5) is 0 Å². The highest BCUT2D eigenvalue weighted by molar-refractivity contribution is 5.15. The Morgan fingerprint density at radius 2 is 1.65 bits per heavy atom. The number of aryl methyl sites for hydroxylation is 1. The average Bonchev–Trinajstić information content (AvgIpc) is 2.35. The summed E-state index contributed by atoms with van der Waals surface area (Å²) in [6.45, 7) is 9.14. The first kappa shape index (κ1) is 14.2. The fraction of sp³-hybridized carbons (Fsp3) is 0.625. The van der Waals surface area contributed by atoms with Crippen molar-refractivity contribution in [1.29, 1.82) is 0 Å². The molecule has 1 heteroatoms. The first-order chi connectivity index (χ1) is 8.07. The molecular formula is C16H27N. The summed E-state index contributed by atoms with van der Waals surface area (Å²) in [6, 6.07) is 11.4. The molecule has 0 aliphatic heterocycles. The van der Waals surface area contributed by atoms with Crippen molar-refractivity contribution in [3.05, 3.63) is 35.9 Å². The molecule has 0 aliphatic carbocycles. The first-order valence-electron chi connectivity index (χ1n) is 6.89. The molecule has 1 N–H and O–H groups in total. The Bertz CT molecular complexity index is 299. The molecular weight excluding hydrogens is 206 g/mol. The molecule has 1 aromatic carbocycles. The summed E-state index contributed by atoms with van der Waals surface area (Å²) in [5.41, 5.74) is 1.67. The van der Waals surface area contributed by atoms with Gasteiger partial charge in [0.05, 0.1) is 0 Å². The highest BCUT2D eigenvalue weighted by Crippen LogP contribution is 2.15. The molecule has 0 saturated carbocycles. The van der Waals surface area contributed by atoms with Gasteiger partial charge in [-0.3, -0.25) is 0 Å². The van der Waals surface area contributed by atoms with Gasteiger partial charge >= 0.3 is 0 Å². The maximum atomic E-state index is 3.76. The molecule has 1 rings (SSSR count). The van der Waals surface area contributed by atoms with E-state index in [1.807, 2.05) is 0 Å². The number of hydrogen-bond acceptors (Lipinski definition) is 1. The van der Waals surface area contributed by atoms with Crippen LogP contribution < -0.4 is 5.32 Å². The molecule has 0 spiro atoms. The Morgan fingerprint density at radius 3 is 2.18 bits per heavy atom. The second-order valence-electron chi connectivity index (χ2n) is 5.53. The zero-order valence-corrected chi connectivity index (χ0v) is 11.8. The number of hydrogen-bond donors (Lipinski definition) is 1. The molecule has 0 aliphatic rings. The molecule has 0 bridgehead atoms. The summed E-state index contributed by atoms with van der Waals surface area (Å²) in [5, 5.41) is 3.76. The molecule has 0 radical (unpaired) electrons. The molecule has 0 atom stereocenters. The molecule has 0 unspecified atom stereocenters. The van der Waals surface area contributed by atoms with Crippen LogP contribution in [0.15, 0.2) is 30.3 Å². The van der Waals surface area contributed by atoms with Crippen LogP contribution in [0.3, 0.4) is 0 Å². The molecule has 96 valence electrons. The van der Waals surface area contributed by atoms with Crippen LogP contribution in [0.2, 0.25) is 0 Å². The van der Waals surface area contributed by atoms with E-state index in [-0.39, 0.29) is 5.54 Å². The summed E-state index contributed by atoms with van der Waals surface area (Å²) in [5.74, 6) is 0. The minimum absolute atomic E-state index is 0.229. The minimum Gasteiger partial charge on any atom is -0.309 e. The summed E-state index contributed by atoms with van der Waals surface area (Å²) in [4.78, 5) is 0. The lowest BCUT2D eigenvalue weighted by Gasteiger charge is -2.31. The van der Waals surface area contributed by atoms with Crippen LogP contribution in [-0.4, -0.2) is 11.6 Å². The van der Waals surface area contributed by atoms with Crippen molar-refractivity contribution in [3.8, 4) is 0 Å². The fourth-order valence-corrected chi connectivity index (χ4v) is 2.22. The van der Waals surface area contributed by atoms with Gasteiger partial charge in [-0.1, -0.05) is 44.2 Å². The van der Waals surface area contributed by atoms with Crippen molar-refractivity contribution < 1.29 is 0 Å². The maximum Gasteiger partial charge on any atom is 0.0130 e. The van der Waals surface area contributed by atoms with Crippen molar-refractivity contribution in [2.75, 3.05) is 0 Å². The minimum atomic E-state index is 0.229. The Balaban J connectivity index is 2.44. The van der Waals surface area contributed by atoms with E-state index in [9.17, 15) is 0 Å². The van der Waals surface area contributed by atoms with Gasteiger partial charge in [-0.25, -0.2) is 0 Å². The molecule has 0 fully saturated rings. The normalized spacial score (nSPS) is 12.1. The summed E-state index contributed by atoms with van der Waals surface area (Å²) < 4.78 is 0. The number of benzene rings is 1. The van der Waals surface area contributed by atoms with Gasteiger partial charge in [-0.2, -0.15) is 0 Å². The highest BCUT2D eigenvalue weighted by atomic mass is 15.0. The SMILES string of the molecule is CCC(CC)NC(C)(C)CCc1ccccc1. The van der Waals surface area contributed by atoms with Gasteiger partial charge in [0.15, 0.2) is 0 Å². The monoisotopic (exact) mass is 233 g/mol. The van der Waals surface area contributed by atoms with Gasteiger partial charge in [0.25, 0.3) is 0 Å². The Kier molecular flexibility index (Phi) is 5.70. The third kappa shape index (κ3) is 5.36. The van der Waals surface area contributed by atoms with Crippen molar-refractivity contribution >= 4 is 0 Å². The van der Waals surface area contributed by atoms with E-state index < -0.39 is 0 Å². The molecule has 0 heterocycles. The fourth-order valence-electron chi connectivity index (χ4n) is 2.22. The number of nitrogens with one attached hydrogen (secondary N) is 1. The van der Waals surface area contributed by atoms with Gasteiger partial charge in [-0.05, 0) is 45.1 Å². The Labute approximate surface area is 107 Å². The van der Waals surface area contributed by atoms with Crippen LogP contribution in [0.5, 0.6) is 0 Å². The van der Waals surface area contributed by atoms with E-state index in [0.717, 1.165) is 6.42 Å². The second-order valence-corrected chi connectivity index (χ2v) is 5.53. The van der Waals surface area contributed by atoms with Crippen molar-refractivity contribution in [2.24, 2.45) is 0 Å². The van der Waals surface area contributed by atoms with E-state index in [1.165, 1.54) is 24.8 Å². The van der Waals surface area contributed by atoms with Crippen LogP contribution in [-0.2, 0) is 6.42 Å². The van der Waals surface area contributed by atoms with Gasteiger partial charge in [0, 0.05) is 11.6 Å². The standard InChI is InChI=1S/C16H27N/c1-5-15(6-2)17-16(3,4)13-12-14-10-8-7-9-11-14/h7-11,15,17H,5-6,12-13H2,1-4H3. The third-order valence-electron chi connectivity index (χ3n) is 3.46. The Hall–Kier alpha value is -0.820. The largest absolute Gasteiger partial charge is 0.309 e. The van der Waals surface area contributed by atoms with Gasteiger partial charge < -0.3 is 5.32 Å². The lowest BCUT2D eigenvalue weighted by atomic mass is 9.93. The van der Waals surface area contributed by atoms with Gasteiger partial charge in [-0.15, -0.1) is 0 Å². The molecule has 0 amide bonds. The van der Waals surface area contributed by atoms with Crippen LogP contribution >= 0.6 is 0 Å². The van der Waals surface area contributed by atoms with Crippen LogP contribution in [0.25, 0.3) is 0 Å². The predicted molar refractivity (Wildman–Crippen MR) is 76.3 cm³/mol. The summed E-state index contributed by atoms with van der Waals surface area (Å²) >= 11 is 0. The highest BCUT2D eigenvalue weighted by Gasteiger charge is 2.20. The van der Waals surface area contributed by atoms with Crippen molar-refractivity contribution in [2.45, 2.75) is 65.0 Å². The summed E-state index contributed by atoms with van der Waals surface area (Å²) in [7, 11) is 0. The predicted octanol–water partition coefficient (Wildman–Crippen LogP) is 4.18. The topological polar surface area (TPSA) is 12.0 Å². The first-order valence-corrected chi connectivity index (χ1v) is 6.89. The lowest BCUT2D eigenvalue weighted by Crippen LogP contribution is -2.45. The molecule has 17 heavy (non-hydrogen) atoms. The smallest absolute Gasteiger partial charge is 0.0130 e. The van der Waals surface area contributed by atoms with E-state index in [2.05, 4.69) is 63.3 Å². The van der Waals surface area contributed by atoms with Gasteiger partial charge in [0.2, 0.25) is 0 Å². The van der Waals surface area contributed by atoms with E-state index in [4.69, 9.17) is 0 Å². The summed E-state index contributed by atoms with van der Waals surface area (Å²) in [6.07, 6.45) is 4.77. The molecule has 0 saturated heterocycles. The second kappa shape index (κ2) is 6.80. The Morgan fingerprint density at radius 1 is 1.06 bits per heavy atom. The molecule has 1 aromatic rings.